The van der Waals surface area contributed by atoms with E-state index in [2.05, 4.69) is 0 Å². The van der Waals surface area contributed by atoms with Gasteiger partial charge in [0.05, 0.1) is 5.56 Å². The molecule has 0 aliphatic heterocycles. The van der Waals surface area contributed by atoms with Crippen molar-refractivity contribution in [1.82, 2.24) is 0 Å². The third-order valence-electron chi connectivity index (χ3n) is 2.11. The van der Waals surface area contributed by atoms with Crippen LogP contribution >= 0.6 is 11.6 Å². The zero-order valence-corrected chi connectivity index (χ0v) is 8.25. The lowest BCUT2D eigenvalue weighted by molar-refractivity contribution is 0.0696. The largest absolute Gasteiger partial charge is 0.478 e. The number of fused-ring (bicyclic) bond motifs is 1. The molecule has 0 bridgehead atoms. The van der Waals surface area contributed by atoms with Crippen LogP contribution in [0.3, 0.4) is 0 Å². The Morgan fingerprint density at radius 1 is 1.27 bits per heavy atom. The highest BCUT2D eigenvalue weighted by Crippen LogP contribution is 2.23. The van der Waals surface area contributed by atoms with Gasteiger partial charge in [0.2, 0.25) is 0 Å². The molecule has 0 spiro atoms. The maximum atomic E-state index is 13.5. The molecule has 0 fully saturated rings. The Morgan fingerprint density at radius 3 is 2.67 bits per heavy atom. The zero-order valence-electron chi connectivity index (χ0n) is 7.50. The zero-order chi connectivity index (χ0) is 11.0. The fraction of sp³-hybridized carbons (Fsp3) is 0. The normalized spacial score (nSPS) is 10.5. The number of carboxylic acid groups (broad SMARTS) is 1. The quantitative estimate of drug-likeness (QED) is 0.807. The van der Waals surface area contributed by atoms with E-state index >= 15 is 0 Å². The van der Waals surface area contributed by atoms with Crippen molar-refractivity contribution in [3.05, 3.63) is 46.7 Å². The Morgan fingerprint density at radius 2 is 2.00 bits per heavy atom. The Bertz CT molecular complexity index is 552. The van der Waals surface area contributed by atoms with E-state index < -0.39 is 11.8 Å². The first-order chi connectivity index (χ1) is 7.08. The van der Waals surface area contributed by atoms with Crippen molar-refractivity contribution in [2.24, 2.45) is 0 Å². The van der Waals surface area contributed by atoms with Gasteiger partial charge >= 0.3 is 5.97 Å². The first kappa shape index (κ1) is 9.93. The summed E-state index contributed by atoms with van der Waals surface area (Å²) in [6, 6.07) is 7.05. The summed E-state index contributed by atoms with van der Waals surface area (Å²) in [4.78, 5) is 10.7. The number of carboxylic acids is 1. The van der Waals surface area contributed by atoms with Crippen LogP contribution in [-0.2, 0) is 0 Å². The van der Waals surface area contributed by atoms with E-state index in [1.54, 1.807) is 12.1 Å². The lowest BCUT2D eigenvalue weighted by Crippen LogP contribution is -1.97. The summed E-state index contributed by atoms with van der Waals surface area (Å²) in [5.41, 5.74) is -0.0673. The summed E-state index contributed by atoms with van der Waals surface area (Å²) in [7, 11) is 0. The van der Waals surface area contributed by atoms with Crippen molar-refractivity contribution < 1.29 is 14.3 Å². The first-order valence-electron chi connectivity index (χ1n) is 4.20. The minimum atomic E-state index is -1.15. The molecule has 2 aromatic rings. The average Bonchev–Trinajstić information content (AvgIpc) is 2.18. The molecule has 2 aromatic carbocycles. The second-order valence-corrected chi connectivity index (χ2v) is 3.57. The van der Waals surface area contributed by atoms with Crippen molar-refractivity contribution in [3.8, 4) is 0 Å². The van der Waals surface area contributed by atoms with Crippen molar-refractivity contribution >= 4 is 28.3 Å². The van der Waals surface area contributed by atoms with Crippen LogP contribution < -0.4 is 0 Å². The molecule has 0 atom stereocenters. The molecule has 76 valence electrons. The van der Waals surface area contributed by atoms with Crippen molar-refractivity contribution in [3.63, 3.8) is 0 Å². The molecule has 15 heavy (non-hydrogen) atoms. The summed E-state index contributed by atoms with van der Waals surface area (Å²) in [5.74, 6) is -1.72. The Hall–Kier alpha value is -1.61. The van der Waals surface area contributed by atoms with E-state index in [0.29, 0.717) is 15.8 Å². The van der Waals surface area contributed by atoms with Gasteiger partial charge in [0.15, 0.2) is 0 Å². The lowest BCUT2D eigenvalue weighted by atomic mass is 10.1. The molecular weight excluding hydrogens is 219 g/mol. The molecule has 0 unspecified atom stereocenters. The number of hydrogen-bond donors (Lipinski definition) is 1. The number of aromatic carboxylic acids is 1. The highest BCUT2D eigenvalue weighted by atomic mass is 35.5. The highest BCUT2D eigenvalue weighted by molar-refractivity contribution is 6.31. The number of rotatable bonds is 1. The Labute approximate surface area is 89.9 Å². The van der Waals surface area contributed by atoms with Gasteiger partial charge in [-0.05, 0) is 29.7 Å². The molecule has 1 N–H and O–H groups in total. The van der Waals surface area contributed by atoms with Gasteiger partial charge in [-0.3, -0.25) is 0 Å². The third-order valence-corrected chi connectivity index (χ3v) is 2.35. The van der Waals surface area contributed by atoms with Crippen molar-refractivity contribution in [2.75, 3.05) is 0 Å². The molecular formula is C11H6ClFO2. The predicted octanol–water partition coefficient (Wildman–Crippen LogP) is 3.33. The van der Waals surface area contributed by atoms with Crippen LogP contribution in [0.2, 0.25) is 5.02 Å². The summed E-state index contributed by atoms with van der Waals surface area (Å²) in [5, 5.41) is 10.0. The fourth-order valence-electron chi connectivity index (χ4n) is 1.41. The second-order valence-electron chi connectivity index (χ2n) is 3.13. The van der Waals surface area contributed by atoms with E-state index in [4.69, 9.17) is 16.7 Å². The number of hydrogen-bond acceptors (Lipinski definition) is 1. The fourth-order valence-corrected chi connectivity index (χ4v) is 1.58. The van der Waals surface area contributed by atoms with Gasteiger partial charge in [0, 0.05) is 10.4 Å². The minimum absolute atomic E-state index is 0.0673. The standard InChI is InChI=1S/C11H6ClFO2/c12-8-2-1-6-3-7(11(14)15)4-10(13)9(6)5-8/h1-5H,(H,14,15). The maximum Gasteiger partial charge on any atom is 0.335 e. The van der Waals surface area contributed by atoms with Gasteiger partial charge in [-0.25, -0.2) is 9.18 Å². The number of carbonyl (C=O) groups is 1. The van der Waals surface area contributed by atoms with Gasteiger partial charge in [-0.2, -0.15) is 0 Å². The van der Waals surface area contributed by atoms with E-state index in [1.807, 2.05) is 0 Å². The van der Waals surface area contributed by atoms with E-state index in [-0.39, 0.29) is 5.56 Å². The number of benzene rings is 2. The van der Waals surface area contributed by atoms with Crippen LogP contribution in [0.4, 0.5) is 4.39 Å². The highest BCUT2D eigenvalue weighted by Gasteiger charge is 2.08. The SMILES string of the molecule is O=C(O)c1cc(F)c2cc(Cl)ccc2c1. The topological polar surface area (TPSA) is 37.3 Å². The monoisotopic (exact) mass is 224 g/mol. The average molecular weight is 225 g/mol. The van der Waals surface area contributed by atoms with Crippen LogP contribution in [0.1, 0.15) is 10.4 Å². The molecule has 0 saturated heterocycles. The van der Waals surface area contributed by atoms with Gasteiger partial charge in [0.1, 0.15) is 5.82 Å². The van der Waals surface area contributed by atoms with Crippen LogP contribution in [-0.4, -0.2) is 11.1 Å². The molecule has 0 heterocycles. The molecule has 0 saturated carbocycles. The molecule has 0 aliphatic carbocycles. The van der Waals surface area contributed by atoms with E-state index in [9.17, 15) is 9.18 Å². The Balaban J connectivity index is 2.78. The molecule has 0 amide bonds. The maximum absolute atomic E-state index is 13.5. The summed E-state index contributed by atoms with van der Waals surface area (Å²) < 4.78 is 13.5. The van der Waals surface area contributed by atoms with E-state index in [1.165, 1.54) is 12.1 Å². The predicted molar refractivity (Wildman–Crippen MR) is 55.9 cm³/mol. The molecule has 2 nitrogen and oxygen atoms in total. The summed E-state index contributed by atoms with van der Waals surface area (Å²) >= 11 is 5.71. The van der Waals surface area contributed by atoms with Crippen LogP contribution in [0.5, 0.6) is 0 Å². The summed E-state index contributed by atoms with van der Waals surface area (Å²) in [6.07, 6.45) is 0. The van der Waals surface area contributed by atoms with Gasteiger partial charge < -0.3 is 5.11 Å². The van der Waals surface area contributed by atoms with Gasteiger partial charge in [-0.1, -0.05) is 17.7 Å². The molecule has 0 aliphatic rings. The number of halogens is 2. The Kier molecular flexibility index (Phi) is 2.32. The second kappa shape index (κ2) is 3.51. The van der Waals surface area contributed by atoms with Crippen LogP contribution in [0.25, 0.3) is 10.8 Å². The van der Waals surface area contributed by atoms with Crippen LogP contribution in [0.15, 0.2) is 30.3 Å². The molecule has 0 radical (unpaired) electrons. The molecule has 2 rings (SSSR count). The lowest BCUT2D eigenvalue weighted by Gasteiger charge is -2.02. The molecule has 4 heteroatoms. The minimum Gasteiger partial charge on any atom is -0.478 e. The molecule has 0 aromatic heterocycles. The third kappa shape index (κ3) is 1.78. The van der Waals surface area contributed by atoms with Gasteiger partial charge in [-0.15, -0.1) is 0 Å². The summed E-state index contributed by atoms with van der Waals surface area (Å²) in [6.45, 7) is 0. The van der Waals surface area contributed by atoms with Crippen LogP contribution in [0, 0.1) is 5.82 Å². The van der Waals surface area contributed by atoms with Crippen molar-refractivity contribution in [1.29, 1.82) is 0 Å². The van der Waals surface area contributed by atoms with Crippen molar-refractivity contribution in [2.45, 2.75) is 0 Å². The first-order valence-corrected chi connectivity index (χ1v) is 4.58. The van der Waals surface area contributed by atoms with Gasteiger partial charge in [0.25, 0.3) is 0 Å². The smallest absolute Gasteiger partial charge is 0.335 e. The van der Waals surface area contributed by atoms with E-state index in [0.717, 1.165) is 6.07 Å².